The molecule has 2 aliphatic carbocycles. The van der Waals surface area contributed by atoms with E-state index >= 15 is 0 Å². The SMILES string of the molecule is c1ccc(-c2ccc(-c3nc(-c4ccccc4)nc(-c4cccc(-c5ccc6c(c5)C5(c7cc(-c8ccc(-c9nc(-c%10ccccc%10)nc(-c%10cccc(-c%11ccc%12c(c%11)C%11(c%13ccccc%13O%12)c%12ccccc%12-c%12ccccc%12%11)c%10)n9)cc8)ccc7O6)c6ccccc6-c6ccccc65)c4)n3)cc2)cc1. The minimum absolute atomic E-state index is 0.570. The molecule has 0 saturated heterocycles. The van der Waals surface area contributed by atoms with E-state index in [-0.39, 0.29) is 0 Å². The van der Waals surface area contributed by atoms with Gasteiger partial charge in [0.05, 0.1) is 10.8 Å². The van der Waals surface area contributed by atoms with Gasteiger partial charge in [-0.1, -0.05) is 309 Å². The van der Waals surface area contributed by atoms with Crippen molar-refractivity contribution in [1.29, 1.82) is 0 Å². The highest BCUT2D eigenvalue weighted by atomic mass is 16.5. The molecule has 0 N–H and O–H groups in total. The molecule has 2 aliphatic heterocycles. The lowest BCUT2D eigenvalue weighted by Crippen LogP contribution is -2.32. The number of nitrogens with zero attached hydrogens (tertiary/aromatic N) is 6. The summed E-state index contributed by atoms with van der Waals surface area (Å²) in [4.78, 5) is 31.3. The van der Waals surface area contributed by atoms with Crippen LogP contribution in [0.3, 0.4) is 0 Å². The number of fused-ring (bicyclic) bond motifs is 18. The Bertz CT molecular complexity index is 6310. The Hall–Kier alpha value is -14.1. The maximum atomic E-state index is 7.14. The standard InChI is InChI=1S/C98H60N6O2/c1-4-22-61(23-5-1)62-42-46-66(47-43-62)93-99-91(64-24-6-2-7-25-64)101-95(103-93)74-31-21-29-69(57-74)72-52-55-90-86(60-72)98(81-38-16-12-34-77(81)78-35-13-17-39-82(78)98)85-58-70(50-53-89(85)106-90)63-44-48-67(49-45-63)94-100-92(65-26-8-3-9-27-65)102-96(104-94)73-30-20-28-68(56-73)71-51-54-88-84(59-71)97(83-40-18-19-41-87(83)105-88)79-36-14-10-32-75(79)76-33-11-15-37-80(76)97/h1-60H. The van der Waals surface area contributed by atoms with Crippen molar-refractivity contribution in [3.8, 4) is 158 Å². The minimum atomic E-state index is -0.757. The first-order valence-electron chi connectivity index (χ1n) is 35.9. The molecule has 106 heavy (non-hydrogen) atoms. The van der Waals surface area contributed by atoms with E-state index in [1.54, 1.807) is 0 Å². The molecule has 8 heteroatoms. The fourth-order valence-corrected chi connectivity index (χ4v) is 16.9. The third-order valence-corrected chi connectivity index (χ3v) is 21.8. The van der Waals surface area contributed by atoms with Crippen molar-refractivity contribution in [3.05, 3.63) is 408 Å². The third kappa shape index (κ3) is 9.62. The quantitative estimate of drug-likeness (QED) is 0.134. The molecule has 0 fully saturated rings. The first-order chi connectivity index (χ1) is 52.5. The van der Waals surface area contributed by atoms with E-state index in [9.17, 15) is 0 Å². The van der Waals surface area contributed by atoms with E-state index in [1.165, 1.54) is 44.5 Å². The Morgan fingerprint density at radius 1 is 0.151 bits per heavy atom. The number of hydrogen-bond acceptors (Lipinski definition) is 8. The van der Waals surface area contributed by atoms with Crippen LogP contribution in [0.4, 0.5) is 0 Å². The van der Waals surface area contributed by atoms with Crippen LogP contribution in [0.25, 0.3) is 135 Å². The van der Waals surface area contributed by atoms with Gasteiger partial charge in [0.1, 0.15) is 23.0 Å². The largest absolute Gasteiger partial charge is 0.457 e. The summed E-state index contributed by atoms with van der Waals surface area (Å²) in [5.74, 6) is 6.84. The van der Waals surface area contributed by atoms with Crippen molar-refractivity contribution in [1.82, 2.24) is 29.9 Å². The lowest BCUT2D eigenvalue weighted by Gasteiger charge is -2.40. The van der Waals surface area contributed by atoms with Crippen LogP contribution >= 0.6 is 0 Å². The summed E-state index contributed by atoms with van der Waals surface area (Å²) in [6.45, 7) is 0. The number of benzene rings is 15. The van der Waals surface area contributed by atoms with Crippen LogP contribution in [0, 0.1) is 0 Å². The van der Waals surface area contributed by atoms with Crippen molar-refractivity contribution in [2.75, 3.05) is 0 Å². The van der Waals surface area contributed by atoms with Gasteiger partial charge in [-0.15, -0.1) is 0 Å². The van der Waals surface area contributed by atoms with Crippen molar-refractivity contribution in [2.24, 2.45) is 0 Å². The molecule has 8 nitrogen and oxygen atoms in total. The van der Waals surface area contributed by atoms with E-state index in [0.717, 1.165) is 123 Å². The molecule has 4 heterocycles. The second-order valence-corrected chi connectivity index (χ2v) is 27.5. The molecule has 0 bridgehead atoms. The number of aromatic nitrogens is 6. The molecule has 2 aromatic heterocycles. The Morgan fingerprint density at radius 3 is 0.764 bits per heavy atom. The third-order valence-electron chi connectivity index (χ3n) is 21.8. The Morgan fingerprint density at radius 2 is 0.377 bits per heavy atom. The minimum Gasteiger partial charge on any atom is -0.457 e. The van der Waals surface area contributed by atoms with Gasteiger partial charge in [-0.3, -0.25) is 0 Å². The fraction of sp³-hybridized carbons (Fsp3) is 0.0204. The summed E-state index contributed by atoms with van der Waals surface area (Å²) in [6, 6.07) is 129. The highest BCUT2D eigenvalue weighted by molar-refractivity contribution is 5.92. The zero-order chi connectivity index (χ0) is 69.9. The van der Waals surface area contributed by atoms with Gasteiger partial charge in [-0.2, -0.15) is 0 Å². The zero-order valence-corrected chi connectivity index (χ0v) is 57.1. The van der Waals surface area contributed by atoms with E-state index in [2.05, 4.69) is 309 Å². The Labute approximate surface area is 613 Å². The number of rotatable bonds is 10. The van der Waals surface area contributed by atoms with Crippen molar-refractivity contribution >= 4 is 0 Å². The monoisotopic (exact) mass is 1350 g/mol. The summed E-state index contributed by atoms with van der Waals surface area (Å²) in [5.41, 5.74) is 26.6. The van der Waals surface area contributed by atoms with E-state index < -0.39 is 10.8 Å². The van der Waals surface area contributed by atoms with Crippen molar-refractivity contribution in [2.45, 2.75) is 10.8 Å². The van der Waals surface area contributed by atoms with Gasteiger partial charge in [0.25, 0.3) is 0 Å². The smallest absolute Gasteiger partial charge is 0.164 e. The predicted octanol–water partition coefficient (Wildman–Crippen LogP) is 23.7. The maximum Gasteiger partial charge on any atom is 0.164 e. The van der Waals surface area contributed by atoms with Crippen molar-refractivity contribution in [3.63, 3.8) is 0 Å². The van der Waals surface area contributed by atoms with Gasteiger partial charge < -0.3 is 9.47 Å². The maximum absolute atomic E-state index is 7.14. The second-order valence-electron chi connectivity index (χ2n) is 27.5. The molecule has 15 aromatic carbocycles. The molecule has 21 rings (SSSR count). The first kappa shape index (κ1) is 60.7. The zero-order valence-electron chi connectivity index (χ0n) is 57.1. The molecular weight excluding hydrogens is 1290 g/mol. The van der Waals surface area contributed by atoms with Gasteiger partial charge in [0.2, 0.25) is 0 Å². The molecule has 0 radical (unpaired) electrons. The van der Waals surface area contributed by atoms with Crippen molar-refractivity contribution < 1.29 is 9.47 Å². The number of para-hydroxylation sites is 1. The van der Waals surface area contributed by atoms with E-state index in [0.29, 0.717) is 34.9 Å². The lowest BCUT2D eigenvalue weighted by molar-refractivity contribution is 0.436. The molecular formula is C98H60N6O2. The predicted molar refractivity (Wildman–Crippen MR) is 422 cm³/mol. The molecule has 4 aliphatic rings. The summed E-state index contributed by atoms with van der Waals surface area (Å²) in [5, 5.41) is 0. The Balaban J connectivity index is 0.641. The average molecular weight is 1350 g/mol. The summed E-state index contributed by atoms with van der Waals surface area (Å²) in [7, 11) is 0. The summed E-state index contributed by atoms with van der Waals surface area (Å²) in [6.07, 6.45) is 0. The molecule has 0 saturated carbocycles. The van der Waals surface area contributed by atoms with Gasteiger partial charge in [-0.25, -0.2) is 29.9 Å². The van der Waals surface area contributed by atoms with Crippen LogP contribution in [0.5, 0.6) is 23.0 Å². The summed E-state index contributed by atoms with van der Waals surface area (Å²) < 4.78 is 14.0. The Kier molecular flexibility index (Phi) is 13.9. The highest BCUT2D eigenvalue weighted by Gasteiger charge is 2.53. The number of hydrogen-bond donors (Lipinski definition) is 0. The van der Waals surface area contributed by atoms with Gasteiger partial charge in [0.15, 0.2) is 34.9 Å². The normalized spacial score (nSPS) is 13.2. The topological polar surface area (TPSA) is 95.8 Å². The van der Waals surface area contributed by atoms with Crippen LogP contribution in [0.1, 0.15) is 44.5 Å². The number of ether oxygens (including phenoxy) is 2. The van der Waals surface area contributed by atoms with Crippen LogP contribution < -0.4 is 9.47 Å². The first-order valence-corrected chi connectivity index (χ1v) is 35.9. The van der Waals surface area contributed by atoms with Crippen LogP contribution in [0.15, 0.2) is 364 Å². The molecule has 0 unspecified atom stereocenters. The van der Waals surface area contributed by atoms with Crippen LogP contribution in [0.2, 0.25) is 0 Å². The fourth-order valence-electron chi connectivity index (χ4n) is 16.9. The van der Waals surface area contributed by atoms with E-state index in [1.807, 2.05) is 54.6 Å². The van der Waals surface area contributed by atoms with Gasteiger partial charge >= 0.3 is 0 Å². The molecule has 0 atom stereocenters. The second kappa shape index (κ2) is 24.3. The average Bonchev–Trinajstić information content (AvgIpc) is 1.52. The molecule has 17 aromatic rings. The van der Waals surface area contributed by atoms with Gasteiger partial charge in [0, 0.05) is 55.6 Å². The van der Waals surface area contributed by atoms with E-state index in [4.69, 9.17) is 39.4 Å². The lowest BCUT2D eigenvalue weighted by atomic mass is 9.65. The summed E-state index contributed by atoms with van der Waals surface area (Å²) >= 11 is 0. The van der Waals surface area contributed by atoms with Crippen LogP contribution in [-0.2, 0) is 10.8 Å². The van der Waals surface area contributed by atoms with Crippen LogP contribution in [-0.4, -0.2) is 29.9 Å². The molecule has 2 spiro atoms. The highest BCUT2D eigenvalue weighted by Crippen LogP contribution is 2.65. The van der Waals surface area contributed by atoms with Gasteiger partial charge in [-0.05, 0) is 144 Å². The molecule has 0 amide bonds. The molecule has 494 valence electrons.